The monoisotopic (exact) mass is 445 g/mol. The zero-order valence-corrected chi connectivity index (χ0v) is 18.0. The number of anilines is 1. The summed E-state index contributed by atoms with van der Waals surface area (Å²) in [6, 6.07) is 15.1. The third kappa shape index (κ3) is 4.13. The first-order chi connectivity index (χ1) is 15.7. The number of methoxy groups -OCH3 is 1. The molecule has 7 nitrogen and oxygen atoms in total. The van der Waals surface area contributed by atoms with Crippen LogP contribution in [0.5, 0.6) is 17.2 Å². The number of ether oxygens (including phenoxy) is 3. The first-order valence-corrected chi connectivity index (χ1v) is 10.7. The molecule has 32 heavy (non-hydrogen) atoms. The second-order valence-electron chi connectivity index (χ2n) is 7.06. The quantitative estimate of drug-likeness (QED) is 0.402. The van der Waals surface area contributed by atoms with Gasteiger partial charge in [-0.05, 0) is 47.5 Å². The van der Waals surface area contributed by atoms with Gasteiger partial charge in [0.2, 0.25) is 6.79 Å². The molecule has 0 spiro atoms. The van der Waals surface area contributed by atoms with Gasteiger partial charge in [0.15, 0.2) is 16.6 Å². The Bertz CT molecular complexity index is 1300. The lowest BCUT2D eigenvalue weighted by Gasteiger charge is -2.18. The molecule has 4 aromatic rings. The molecule has 3 heterocycles. The molecule has 0 N–H and O–H groups in total. The van der Waals surface area contributed by atoms with Crippen LogP contribution in [0.15, 0.2) is 67.0 Å². The molecule has 0 aliphatic carbocycles. The largest absolute Gasteiger partial charge is 0.497 e. The van der Waals surface area contributed by atoms with Crippen molar-refractivity contribution >= 4 is 38.7 Å². The lowest BCUT2D eigenvalue weighted by Crippen LogP contribution is -2.28. The Kier molecular flexibility index (Phi) is 5.43. The summed E-state index contributed by atoms with van der Waals surface area (Å²) in [5.41, 5.74) is 2.54. The Hall–Kier alpha value is -3.91. The zero-order valence-electron chi connectivity index (χ0n) is 17.2. The Balaban J connectivity index is 1.46. The van der Waals surface area contributed by atoms with E-state index in [9.17, 15) is 4.79 Å². The van der Waals surface area contributed by atoms with Crippen molar-refractivity contribution in [3.8, 4) is 17.2 Å². The predicted octanol–water partition coefficient (Wildman–Crippen LogP) is 4.68. The predicted molar refractivity (Wildman–Crippen MR) is 123 cm³/mol. The molecule has 1 amide bonds. The molecule has 1 aliphatic heterocycles. The molecule has 0 saturated heterocycles. The lowest BCUT2D eigenvalue weighted by molar-refractivity contribution is -0.114. The topological polar surface area (TPSA) is 73.8 Å². The van der Waals surface area contributed by atoms with Crippen LogP contribution in [-0.4, -0.2) is 29.8 Å². The van der Waals surface area contributed by atoms with E-state index in [-0.39, 0.29) is 12.7 Å². The van der Waals surface area contributed by atoms with Crippen LogP contribution in [0.2, 0.25) is 0 Å². The molecule has 5 rings (SSSR count). The Morgan fingerprint density at radius 1 is 1.19 bits per heavy atom. The van der Waals surface area contributed by atoms with E-state index < -0.39 is 0 Å². The number of carbonyl (C=O) groups excluding carboxylic acids is 1. The van der Waals surface area contributed by atoms with Crippen LogP contribution in [0.25, 0.3) is 16.3 Å². The Morgan fingerprint density at radius 2 is 2.09 bits per heavy atom. The standard InChI is InChI=1S/C24H19N3O4S/c1-29-18-6-8-22-19(12-18)26-24(32-22)27(14-17-3-2-10-25-13-17)23(28)9-5-16-4-7-20-21(11-16)31-15-30-20/h2-13H,14-15H2,1H3/b9-5+. The third-order valence-corrected chi connectivity index (χ3v) is 6.02. The fraction of sp³-hybridized carbons (Fsp3) is 0.125. The van der Waals surface area contributed by atoms with Gasteiger partial charge in [-0.2, -0.15) is 0 Å². The van der Waals surface area contributed by atoms with Gasteiger partial charge < -0.3 is 14.2 Å². The summed E-state index contributed by atoms with van der Waals surface area (Å²) in [6.45, 7) is 0.567. The van der Waals surface area contributed by atoms with Crippen molar-refractivity contribution in [1.82, 2.24) is 9.97 Å². The van der Waals surface area contributed by atoms with Gasteiger partial charge in [0.25, 0.3) is 5.91 Å². The summed E-state index contributed by atoms with van der Waals surface area (Å²) in [4.78, 5) is 23.8. The summed E-state index contributed by atoms with van der Waals surface area (Å²) in [5.74, 6) is 1.92. The van der Waals surface area contributed by atoms with E-state index in [2.05, 4.69) is 4.98 Å². The molecule has 0 unspecified atom stereocenters. The van der Waals surface area contributed by atoms with Crippen molar-refractivity contribution in [1.29, 1.82) is 0 Å². The van der Waals surface area contributed by atoms with Crippen LogP contribution in [-0.2, 0) is 11.3 Å². The Labute approximate surface area is 188 Å². The lowest BCUT2D eigenvalue weighted by atomic mass is 10.2. The van der Waals surface area contributed by atoms with Crippen LogP contribution in [0, 0.1) is 0 Å². The van der Waals surface area contributed by atoms with Gasteiger partial charge in [-0.15, -0.1) is 0 Å². The zero-order chi connectivity index (χ0) is 21.9. The van der Waals surface area contributed by atoms with Gasteiger partial charge in [-0.25, -0.2) is 4.98 Å². The fourth-order valence-electron chi connectivity index (χ4n) is 3.33. The van der Waals surface area contributed by atoms with E-state index in [1.165, 1.54) is 11.3 Å². The van der Waals surface area contributed by atoms with E-state index in [0.29, 0.717) is 23.2 Å². The number of benzene rings is 2. The van der Waals surface area contributed by atoms with Gasteiger partial charge >= 0.3 is 0 Å². The van der Waals surface area contributed by atoms with Crippen LogP contribution in [0.4, 0.5) is 5.13 Å². The molecule has 8 heteroatoms. The Morgan fingerprint density at radius 3 is 2.94 bits per heavy atom. The van der Waals surface area contributed by atoms with Gasteiger partial charge in [-0.3, -0.25) is 14.7 Å². The first kappa shape index (κ1) is 20.0. The molecule has 0 bridgehead atoms. The minimum absolute atomic E-state index is 0.183. The van der Waals surface area contributed by atoms with E-state index in [0.717, 1.165) is 27.1 Å². The average molecular weight is 446 g/mol. The number of hydrogen-bond acceptors (Lipinski definition) is 7. The molecule has 2 aromatic heterocycles. The van der Waals surface area contributed by atoms with Crippen LogP contribution < -0.4 is 19.1 Å². The number of carbonyl (C=O) groups is 1. The van der Waals surface area contributed by atoms with Crippen molar-refractivity contribution in [3.05, 3.63) is 78.1 Å². The molecule has 0 fully saturated rings. The van der Waals surface area contributed by atoms with E-state index in [4.69, 9.17) is 19.2 Å². The normalized spacial score (nSPS) is 12.4. The molecular formula is C24H19N3O4S. The minimum Gasteiger partial charge on any atom is -0.497 e. The SMILES string of the molecule is COc1ccc2sc(N(Cc3cccnc3)C(=O)/C=C/c3ccc4c(c3)OCO4)nc2c1. The number of amides is 1. The fourth-order valence-corrected chi connectivity index (χ4v) is 4.28. The number of hydrogen-bond donors (Lipinski definition) is 0. The van der Waals surface area contributed by atoms with E-state index >= 15 is 0 Å². The molecule has 1 aliphatic rings. The first-order valence-electron chi connectivity index (χ1n) is 9.92. The van der Waals surface area contributed by atoms with Crippen molar-refractivity contribution < 1.29 is 19.0 Å². The van der Waals surface area contributed by atoms with Gasteiger partial charge in [-0.1, -0.05) is 23.5 Å². The number of pyridine rings is 1. The second kappa shape index (κ2) is 8.68. The molecule has 0 saturated carbocycles. The highest BCUT2D eigenvalue weighted by Crippen LogP contribution is 2.34. The van der Waals surface area contributed by atoms with E-state index in [1.54, 1.807) is 36.6 Å². The minimum atomic E-state index is -0.183. The molecule has 0 atom stereocenters. The van der Waals surface area contributed by atoms with E-state index in [1.807, 2.05) is 48.5 Å². The average Bonchev–Trinajstić information content (AvgIpc) is 3.47. The highest BCUT2D eigenvalue weighted by Gasteiger charge is 2.19. The van der Waals surface area contributed by atoms with Gasteiger partial charge in [0.05, 0.1) is 23.9 Å². The number of nitrogens with zero attached hydrogens (tertiary/aromatic N) is 3. The molecule has 2 aromatic carbocycles. The molecular weight excluding hydrogens is 426 g/mol. The summed E-state index contributed by atoms with van der Waals surface area (Å²) in [5, 5.41) is 0.609. The maximum atomic E-state index is 13.3. The number of rotatable bonds is 6. The summed E-state index contributed by atoms with van der Waals surface area (Å²) >= 11 is 1.46. The second-order valence-corrected chi connectivity index (χ2v) is 8.07. The van der Waals surface area contributed by atoms with Crippen molar-refractivity contribution in [2.75, 3.05) is 18.8 Å². The smallest absolute Gasteiger partial charge is 0.253 e. The van der Waals surface area contributed by atoms with Crippen LogP contribution in [0.1, 0.15) is 11.1 Å². The van der Waals surface area contributed by atoms with Crippen LogP contribution >= 0.6 is 11.3 Å². The highest BCUT2D eigenvalue weighted by molar-refractivity contribution is 7.22. The highest BCUT2D eigenvalue weighted by atomic mass is 32.1. The summed E-state index contributed by atoms with van der Waals surface area (Å²) in [6.07, 6.45) is 6.76. The van der Waals surface area contributed by atoms with Gasteiger partial charge in [0, 0.05) is 24.5 Å². The molecule has 0 radical (unpaired) electrons. The maximum absolute atomic E-state index is 13.3. The molecule has 160 valence electrons. The summed E-state index contributed by atoms with van der Waals surface area (Å²) < 4.78 is 17.0. The number of aromatic nitrogens is 2. The van der Waals surface area contributed by atoms with Crippen molar-refractivity contribution in [2.24, 2.45) is 0 Å². The number of fused-ring (bicyclic) bond motifs is 2. The van der Waals surface area contributed by atoms with Crippen LogP contribution in [0.3, 0.4) is 0 Å². The summed E-state index contributed by atoms with van der Waals surface area (Å²) in [7, 11) is 1.62. The maximum Gasteiger partial charge on any atom is 0.253 e. The third-order valence-electron chi connectivity index (χ3n) is 4.96. The van der Waals surface area contributed by atoms with Gasteiger partial charge in [0.1, 0.15) is 5.75 Å². The number of thiazole rings is 1. The van der Waals surface area contributed by atoms with Crippen molar-refractivity contribution in [2.45, 2.75) is 6.54 Å². The van der Waals surface area contributed by atoms with Crippen molar-refractivity contribution in [3.63, 3.8) is 0 Å².